The van der Waals surface area contributed by atoms with Crippen molar-refractivity contribution in [3.63, 3.8) is 0 Å². The van der Waals surface area contributed by atoms with Crippen LogP contribution in [0.15, 0.2) is 6.07 Å². The number of rotatable bonds is 4. The van der Waals surface area contributed by atoms with Crippen LogP contribution in [0.3, 0.4) is 0 Å². The van der Waals surface area contributed by atoms with Gasteiger partial charge in [0.2, 0.25) is 0 Å². The molecule has 2 aromatic heterocycles. The fraction of sp³-hybridized carbons (Fsp3) is 0.682. The van der Waals surface area contributed by atoms with Gasteiger partial charge in [-0.3, -0.25) is 4.79 Å². The van der Waals surface area contributed by atoms with Crippen LogP contribution in [0.25, 0.3) is 11.0 Å². The summed E-state index contributed by atoms with van der Waals surface area (Å²) in [5.41, 5.74) is 3.21. The number of pyridine rings is 1. The molecule has 0 radical (unpaired) electrons. The first kappa shape index (κ1) is 26.7. The summed E-state index contributed by atoms with van der Waals surface area (Å²) in [6.45, 7) is 15.3. The van der Waals surface area contributed by atoms with E-state index in [9.17, 15) is 4.79 Å². The van der Waals surface area contributed by atoms with Crippen LogP contribution >= 0.6 is 24.8 Å². The number of piperidine rings is 1. The molecule has 0 aromatic carbocycles. The highest BCUT2D eigenvalue weighted by molar-refractivity contribution is 6.06. The van der Waals surface area contributed by atoms with Crippen molar-refractivity contribution in [3.05, 3.63) is 23.0 Å². The molecule has 6 nitrogen and oxygen atoms in total. The molecule has 0 bridgehead atoms. The lowest BCUT2D eigenvalue weighted by atomic mass is 9.95. The SMILES string of the molecule is CNCC1CCN(C(=O)c2cc(C(C)C)nc3c2c(C)nn3C(C)(C)C)CC1.Cl.Cl. The fourth-order valence-corrected chi connectivity index (χ4v) is 4.04. The van der Waals surface area contributed by atoms with E-state index in [0.29, 0.717) is 5.92 Å². The minimum absolute atomic E-state index is 0. The lowest BCUT2D eigenvalue weighted by Crippen LogP contribution is -2.40. The Morgan fingerprint density at radius 3 is 2.33 bits per heavy atom. The Hall–Kier alpha value is -1.37. The maximum Gasteiger partial charge on any atom is 0.254 e. The summed E-state index contributed by atoms with van der Waals surface area (Å²) in [4.78, 5) is 20.4. The average Bonchev–Trinajstić information content (AvgIpc) is 2.98. The van der Waals surface area contributed by atoms with Crippen LogP contribution in [-0.4, -0.2) is 52.3 Å². The minimum Gasteiger partial charge on any atom is -0.339 e. The van der Waals surface area contributed by atoms with Gasteiger partial charge in [0, 0.05) is 18.8 Å². The van der Waals surface area contributed by atoms with Gasteiger partial charge in [-0.15, -0.1) is 24.8 Å². The second-order valence-corrected chi connectivity index (χ2v) is 9.41. The van der Waals surface area contributed by atoms with Crippen molar-refractivity contribution >= 4 is 41.8 Å². The molecule has 0 spiro atoms. The fourth-order valence-electron chi connectivity index (χ4n) is 4.04. The highest BCUT2D eigenvalue weighted by Crippen LogP contribution is 2.30. The van der Waals surface area contributed by atoms with Gasteiger partial charge in [-0.05, 0) is 72.0 Å². The van der Waals surface area contributed by atoms with Crippen LogP contribution in [-0.2, 0) is 5.54 Å². The molecule has 3 rings (SSSR count). The van der Waals surface area contributed by atoms with E-state index in [1.807, 2.05) is 29.6 Å². The van der Waals surface area contributed by atoms with Gasteiger partial charge >= 0.3 is 0 Å². The second kappa shape index (κ2) is 10.3. The molecule has 0 unspecified atom stereocenters. The van der Waals surface area contributed by atoms with E-state index in [-0.39, 0.29) is 42.2 Å². The van der Waals surface area contributed by atoms with E-state index < -0.39 is 0 Å². The van der Waals surface area contributed by atoms with Crippen molar-refractivity contribution in [2.24, 2.45) is 5.92 Å². The zero-order valence-corrected chi connectivity index (χ0v) is 20.9. The zero-order valence-electron chi connectivity index (χ0n) is 19.3. The molecule has 1 N–H and O–H groups in total. The van der Waals surface area contributed by atoms with Gasteiger partial charge < -0.3 is 10.2 Å². The number of halogens is 2. The van der Waals surface area contributed by atoms with Gasteiger partial charge in [0.05, 0.1) is 22.2 Å². The van der Waals surface area contributed by atoms with Crippen molar-refractivity contribution in [1.29, 1.82) is 0 Å². The van der Waals surface area contributed by atoms with E-state index in [1.54, 1.807) is 0 Å². The first-order valence-corrected chi connectivity index (χ1v) is 10.5. The highest BCUT2D eigenvalue weighted by Gasteiger charge is 2.29. The third-order valence-corrected chi connectivity index (χ3v) is 5.68. The Balaban J connectivity index is 0.00000225. The van der Waals surface area contributed by atoms with E-state index in [4.69, 9.17) is 10.1 Å². The normalized spacial score (nSPS) is 15.3. The Labute approximate surface area is 193 Å². The number of nitrogens with zero attached hydrogens (tertiary/aromatic N) is 4. The third kappa shape index (κ3) is 5.27. The molecule has 170 valence electrons. The van der Waals surface area contributed by atoms with Gasteiger partial charge in [0.25, 0.3) is 5.91 Å². The summed E-state index contributed by atoms with van der Waals surface area (Å²) in [6.07, 6.45) is 2.11. The summed E-state index contributed by atoms with van der Waals surface area (Å²) in [5.74, 6) is 1.03. The number of hydrogen-bond acceptors (Lipinski definition) is 4. The minimum atomic E-state index is -0.194. The quantitative estimate of drug-likeness (QED) is 0.731. The van der Waals surface area contributed by atoms with Crippen LogP contribution in [0.2, 0.25) is 0 Å². The van der Waals surface area contributed by atoms with Gasteiger partial charge in [0.1, 0.15) is 0 Å². The molecular formula is C22H37Cl2N5O. The topological polar surface area (TPSA) is 63.1 Å². The van der Waals surface area contributed by atoms with E-state index in [0.717, 1.165) is 60.5 Å². The summed E-state index contributed by atoms with van der Waals surface area (Å²) >= 11 is 0. The van der Waals surface area contributed by atoms with Crippen LogP contribution in [0.4, 0.5) is 0 Å². The van der Waals surface area contributed by atoms with Crippen LogP contribution in [0, 0.1) is 12.8 Å². The van der Waals surface area contributed by atoms with Crippen LogP contribution < -0.4 is 5.32 Å². The molecule has 0 aliphatic carbocycles. The molecule has 30 heavy (non-hydrogen) atoms. The molecule has 1 aliphatic heterocycles. The van der Waals surface area contributed by atoms with E-state index in [1.165, 1.54) is 0 Å². The van der Waals surface area contributed by atoms with Crippen molar-refractivity contribution in [1.82, 2.24) is 25.0 Å². The molecular weight excluding hydrogens is 421 g/mol. The standard InChI is InChI=1S/C22H35N5O.2ClH/c1-14(2)18-12-17(21(28)26-10-8-16(9-11-26)13-23-7)19-15(3)25-27(20(19)24-18)22(4,5)6;;/h12,14,16,23H,8-11,13H2,1-7H3;2*1H. The Morgan fingerprint density at radius 1 is 1.23 bits per heavy atom. The second-order valence-electron chi connectivity index (χ2n) is 9.41. The van der Waals surface area contributed by atoms with Gasteiger partial charge in [-0.25, -0.2) is 9.67 Å². The molecule has 1 amide bonds. The summed E-state index contributed by atoms with van der Waals surface area (Å²) in [7, 11) is 1.99. The molecule has 8 heteroatoms. The number of carbonyl (C=O) groups is 1. The lowest BCUT2D eigenvalue weighted by Gasteiger charge is -2.32. The number of carbonyl (C=O) groups excluding carboxylic acids is 1. The number of fused-ring (bicyclic) bond motifs is 1. The molecule has 2 aromatic rings. The summed E-state index contributed by atoms with van der Waals surface area (Å²) < 4.78 is 1.97. The number of hydrogen-bond donors (Lipinski definition) is 1. The molecule has 0 saturated carbocycles. The first-order valence-electron chi connectivity index (χ1n) is 10.5. The van der Waals surface area contributed by atoms with Gasteiger partial charge in [0.15, 0.2) is 5.65 Å². The predicted octanol–water partition coefficient (Wildman–Crippen LogP) is 4.53. The molecule has 1 fully saturated rings. The third-order valence-electron chi connectivity index (χ3n) is 5.68. The largest absolute Gasteiger partial charge is 0.339 e. The molecule has 0 atom stereocenters. The van der Waals surface area contributed by atoms with Crippen LogP contribution in [0.1, 0.15) is 75.1 Å². The maximum atomic E-state index is 13.5. The molecule has 1 aliphatic rings. The maximum absolute atomic E-state index is 13.5. The van der Waals surface area contributed by atoms with Gasteiger partial charge in [-0.2, -0.15) is 5.10 Å². The average molecular weight is 458 g/mol. The number of aryl methyl sites for hydroxylation is 1. The zero-order chi connectivity index (χ0) is 20.6. The Morgan fingerprint density at radius 2 is 1.83 bits per heavy atom. The summed E-state index contributed by atoms with van der Waals surface area (Å²) in [6, 6.07) is 2.00. The smallest absolute Gasteiger partial charge is 0.254 e. The number of amides is 1. The monoisotopic (exact) mass is 457 g/mol. The number of aromatic nitrogens is 3. The van der Waals surface area contributed by atoms with E-state index >= 15 is 0 Å². The summed E-state index contributed by atoms with van der Waals surface area (Å²) in [5, 5.41) is 8.92. The number of nitrogens with one attached hydrogen (secondary N) is 1. The van der Waals surface area contributed by atoms with Crippen molar-refractivity contribution in [3.8, 4) is 0 Å². The lowest BCUT2D eigenvalue weighted by molar-refractivity contribution is 0.0692. The van der Waals surface area contributed by atoms with Crippen molar-refractivity contribution in [2.75, 3.05) is 26.7 Å². The molecule has 1 saturated heterocycles. The highest BCUT2D eigenvalue weighted by atomic mass is 35.5. The molecule has 3 heterocycles. The predicted molar refractivity (Wildman–Crippen MR) is 128 cm³/mol. The van der Waals surface area contributed by atoms with Crippen molar-refractivity contribution < 1.29 is 4.79 Å². The number of likely N-dealkylation sites (tertiary alicyclic amines) is 1. The van der Waals surface area contributed by atoms with Crippen LogP contribution in [0.5, 0.6) is 0 Å². The van der Waals surface area contributed by atoms with Gasteiger partial charge in [-0.1, -0.05) is 13.8 Å². The Kier molecular flexibility index (Phi) is 9.15. The van der Waals surface area contributed by atoms with Crippen molar-refractivity contribution in [2.45, 2.75) is 65.8 Å². The van der Waals surface area contributed by atoms with E-state index in [2.05, 4.69) is 39.9 Å². The Bertz CT molecular complexity index is 865. The first-order chi connectivity index (χ1) is 13.1.